The Balaban J connectivity index is 2.05. The van der Waals surface area contributed by atoms with Crippen molar-refractivity contribution < 1.29 is 28.5 Å². The van der Waals surface area contributed by atoms with Crippen LogP contribution in [0.25, 0.3) is 0 Å². The van der Waals surface area contributed by atoms with E-state index in [1.165, 1.54) is 27.4 Å². The van der Waals surface area contributed by atoms with Gasteiger partial charge in [-0.1, -0.05) is 43.7 Å². The highest BCUT2D eigenvalue weighted by atomic mass is 16.5. The number of carbonyl (C=O) groups excluding carboxylic acids is 2. The van der Waals surface area contributed by atoms with Crippen LogP contribution in [-0.4, -0.2) is 39.8 Å². The predicted molar refractivity (Wildman–Crippen MR) is 109 cm³/mol. The quantitative estimate of drug-likeness (QED) is 0.613. The SMILES string of the molecule is CCC[C@H](NC(=O)COC(=O)c1ccc(OC)c(OC)c1OC)c1ccccc1. The molecule has 7 nitrogen and oxygen atoms in total. The maximum atomic E-state index is 12.5. The van der Waals surface area contributed by atoms with Gasteiger partial charge in [0.2, 0.25) is 5.75 Å². The van der Waals surface area contributed by atoms with E-state index in [4.69, 9.17) is 18.9 Å². The molecule has 0 radical (unpaired) electrons. The smallest absolute Gasteiger partial charge is 0.342 e. The maximum absolute atomic E-state index is 12.5. The minimum absolute atomic E-state index is 0.136. The molecular weight excluding hydrogens is 374 g/mol. The summed E-state index contributed by atoms with van der Waals surface area (Å²) < 4.78 is 20.9. The second-order valence-electron chi connectivity index (χ2n) is 6.28. The molecule has 2 aromatic carbocycles. The summed E-state index contributed by atoms with van der Waals surface area (Å²) in [5, 5.41) is 2.92. The lowest BCUT2D eigenvalue weighted by atomic mass is 10.0. The Morgan fingerprint density at radius 1 is 0.931 bits per heavy atom. The van der Waals surface area contributed by atoms with Crippen molar-refractivity contribution in [2.24, 2.45) is 0 Å². The standard InChI is InChI=1S/C22H27NO6/c1-5-9-17(15-10-7-6-8-11-15)23-19(24)14-29-22(25)16-12-13-18(26-2)21(28-4)20(16)27-3/h6-8,10-13,17H,5,9,14H2,1-4H3,(H,23,24)/t17-/m0/s1. The lowest BCUT2D eigenvalue weighted by molar-refractivity contribution is -0.125. The zero-order chi connectivity index (χ0) is 21.2. The molecule has 1 amide bonds. The molecule has 0 unspecified atom stereocenters. The average Bonchev–Trinajstić information content (AvgIpc) is 2.76. The molecule has 0 heterocycles. The number of esters is 1. The van der Waals surface area contributed by atoms with Crippen LogP contribution in [0.1, 0.15) is 41.7 Å². The zero-order valence-corrected chi connectivity index (χ0v) is 17.2. The second-order valence-corrected chi connectivity index (χ2v) is 6.28. The molecule has 29 heavy (non-hydrogen) atoms. The molecule has 7 heteroatoms. The van der Waals surface area contributed by atoms with Crippen LogP contribution in [0.5, 0.6) is 17.2 Å². The molecule has 0 aliphatic rings. The van der Waals surface area contributed by atoms with Crippen LogP contribution in [0.15, 0.2) is 42.5 Å². The van der Waals surface area contributed by atoms with E-state index in [9.17, 15) is 9.59 Å². The first-order valence-electron chi connectivity index (χ1n) is 9.36. The molecule has 2 aromatic rings. The predicted octanol–water partition coefficient (Wildman–Crippen LogP) is 3.53. The summed E-state index contributed by atoms with van der Waals surface area (Å²) in [4.78, 5) is 24.9. The molecule has 0 aromatic heterocycles. The zero-order valence-electron chi connectivity index (χ0n) is 17.2. The van der Waals surface area contributed by atoms with Crippen molar-refractivity contribution in [1.82, 2.24) is 5.32 Å². The van der Waals surface area contributed by atoms with Crippen molar-refractivity contribution in [2.45, 2.75) is 25.8 Å². The van der Waals surface area contributed by atoms with Gasteiger partial charge < -0.3 is 24.3 Å². The van der Waals surface area contributed by atoms with Crippen molar-refractivity contribution in [3.05, 3.63) is 53.6 Å². The first-order chi connectivity index (χ1) is 14.0. The molecule has 0 saturated carbocycles. The van der Waals surface area contributed by atoms with Crippen LogP contribution in [0, 0.1) is 0 Å². The number of ether oxygens (including phenoxy) is 4. The highest BCUT2D eigenvalue weighted by Crippen LogP contribution is 2.39. The van der Waals surface area contributed by atoms with E-state index in [1.54, 1.807) is 6.07 Å². The summed E-state index contributed by atoms with van der Waals surface area (Å²) in [5.41, 5.74) is 1.15. The van der Waals surface area contributed by atoms with Crippen LogP contribution in [0.2, 0.25) is 0 Å². The van der Waals surface area contributed by atoms with Crippen LogP contribution in [-0.2, 0) is 9.53 Å². The van der Waals surface area contributed by atoms with Gasteiger partial charge in [-0.25, -0.2) is 4.79 Å². The first kappa shape index (κ1) is 22.1. The monoisotopic (exact) mass is 401 g/mol. The van der Waals surface area contributed by atoms with Crippen molar-refractivity contribution in [3.8, 4) is 17.2 Å². The van der Waals surface area contributed by atoms with E-state index in [1.807, 2.05) is 37.3 Å². The molecule has 156 valence electrons. The number of benzene rings is 2. The molecule has 1 N–H and O–H groups in total. The van der Waals surface area contributed by atoms with Crippen LogP contribution in [0.4, 0.5) is 0 Å². The van der Waals surface area contributed by atoms with Gasteiger partial charge in [0.05, 0.1) is 27.4 Å². The van der Waals surface area contributed by atoms with E-state index in [0.29, 0.717) is 5.75 Å². The minimum atomic E-state index is -0.690. The molecule has 2 rings (SSSR count). The van der Waals surface area contributed by atoms with Gasteiger partial charge in [0.25, 0.3) is 5.91 Å². The summed E-state index contributed by atoms with van der Waals surface area (Å²) in [7, 11) is 4.34. The van der Waals surface area contributed by atoms with Gasteiger partial charge in [0.1, 0.15) is 5.56 Å². The fraction of sp³-hybridized carbons (Fsp3) is 0.364. The number of carbonyl (C=O) groups is 2. The fourth-order valence-corrected chi connectivity index (χ4v) is 3.00. The largest absolute Gasteiger partial charge is 0.493 e. The van der Waals surface area contributed by atoms with Gasteiger partial charge in [0, 0.05) is 0 Å². The summed E-state index contributed by atoms with van der Waals surface area (Å²) >= 11 is 0. The van der Waals surface area contributed by atoms with Crippen molar-refractivity contribution in [2.75, 3.05) is 27.9 Å². The van der Waals surface area contributed by atoms with E-state index in [2.05, 4.69) is 5.32 Å². The third-order valence-electron chi connectivity index (χ3n) is 4.37. The van der Waals surface area contributed by atoms with Gasteiger partial charge >= 0.3 is 5.97 Å². The van der Waals surface area contributed by atoms with Gasteiger partial charge in [-0.05, 0) is 24.1 Å². The summed E-state index contributed by atoms with van der Waals surface area (Å²) in [6.45, 7) is 1.65. The Kier molecular flexibility index (Phi) is 8.33. The maximum Gasteiger partial charge on any atom is 0.342 e. The molecule has 0 aliphatic heterocycles. The van der Waals surface area contributed by atoms with Gasteiger partial charge in [-0.2, -0.15) is 0 Å². The Labute approximate surface area is 170 Å². The number of hydrogen-bond acceptors (Lipinski definition) is 6. The molecular formula is C22H27NO6. The average molecular weight is 401 g/mol. The van der Waals surface area contributed by atoms with Gasteiger partial charge in [-0.3, -0.25) is 4.79 Å². The number of rotatable bonds is 10. The normalized spacial score (nSPS) is 11.3. The van der Waals surface area contributed by atoms with E-state index in [0.717, 1.165) is 18.4 Å². The van der Waals surface area contributed by atoms with Crippen molar-refractivity contribution >= 4 is 11.9 Å². The Hall–Kier alpha value is -3.22. The third kappa shape index (κ3) is 5.63. The lowest BCUT2D eigenvalue weighted by Gasteiger charge is -2.19. The van der Waals surface area contributed by atoms with E-state index >= 15 is 0 Å². The number of amides is 1. The number of nitrogens with one attached hydrogen (secondary N) is 1. The van der Waals surface area contributed by atoms with E-state index < -0.39 is 12.6 Å². The third-order valence-corrected chi connectivity index (χ3v) is 4.37. The molecule has 0 fully saturated rings. The van der Waals surface area contributed by atoms with Crippen LogP contribution in [0.3, 0.4) is 0 Å². The fourth-order valence-electron chi connectivity index (χ4n) is 3.00. The van der Waals surface area contributed by atoms with E-state index in [-0.39, 0.29) is 29.0 Å². The van der Waals surface area contributed by atoms with Crippen molar-refractivity contribution in [3.63, 3.8) is 0 Å². The highest BCUT2D eigenvalue weighted by molar-refractivity contribution is 5.95. The molecule has 0 bridgehead atoms. The van der Waals surface area contributed by atoms with Crippen molar-refractivity contribution in [1.29, 1.82) is 0 Å². The summed E-state index contributed by atoms with van der Waals surface area (Å²) in [6.07, 6.45) is 1.69. The Morgan fingerprint density at radius 3 is 2.21 bits per heavy atom. The van der Waals surface area contributed by atoms with Crippen LogP contribution >= 0.6 is 0 Å². The van der Waals surface area contributed by atoms with Gasteiger partial charge in [-0.15, -0.1) is 0 Å². The summed E-state index contributed by atoms with van der Waals surface area (Å²) in [5.74, 6) is -0.180. The second kappa shape index (κ2) is 10.9. The molecule has 1 atom stereocenters. The molecule has 0 aliphatic carbocycles. The van der Waals surface area contributed by atoms with Crippen LogP contribution < -0.4 is 19.5 Å². The lowest BCUT2D eigenvalue weighted by Crippen LogP contribution is -2.32. The van der Waals surface area contributed by atoms with Gasteiger partial charge in [0.15, 0.2) is 18.1 Å². The first-order valence-corrected chi connectivity index (χ1v) is 9.36. The minimum Gasteiger partial charge on any atom is -0.493 e. The highest BCUT2D eigenvalue weighted by Gasteiger charge is 2.23. The number of methoxy groups -OCH3 is 3. The molecule has 0 spiro atoms. The Bertz CT molecular complexity index is 822. The summed E-state index contributed by atoms with van der Waals surface area (Å²) in [6, 6.07) is 12.6. The molecule has 0 saturated heterocycles. The Morgan fingerprint density at radius 2 is 1.62 bits per heavy atom. The number of hydrogen-bond donors (Lipinski definition) is 1. The topological polar surface area (TPSA) is 83.1 Å².